The monoisotopic (exact) mass is 265 g/mol. The zero-order chi connectivity index (χ0) is 14.2. The Labute approximate surface area is 118 Å². The fraction of sp³-hybridized carbons (Fsp3) is 0.188. The van der Waals surface area contributed by atoms with Crippen molar-refractivity contribution in [2.45, 2.75) is 19.3 Å². The Morgan fingerprint density at radius 2 is 1.95 bits per heavy atom. The van der Waals surface area contributed by atoms with Crippen LogP contribution in [0.5, 0.6) is 0 Å². The van der Waals surface area contributed by atoms with Crippen LogP contribution in [0.1, 0.15) is 17.7 Å². The Morgan fingerprint density at radius 3 is 2.60 bits per heavy atom. The summed E-state index contributed by atoms with van der Waals surface area (Å²) in [6, 6.07) is 15.4. The lowest BCUT2D eigenvalue weighted by Crippen LogP contribution is -2.09. The second-order valence-corrected chi connectivity index (χ2v) is 4.40. The second-order valence-electron chi connectivity index (χ2n) is 4.40. The molecule has 0 aliphatic heterocycles. The molecule has 2 rings (SSSR count). The maximum Gasteiger partial charge on any atom is 0.238 e. The zero-order valence-corrected chi connectivity index (χ0v) is 11.0. The average Bonchev–Trinajstić information content (AvgIpc) is 2.48. The SMILES string of the molecule is N#CCC(=O)Nc1ccc(CCc2ccccn2)cc1. The number of carbonyl (C=O) groups is 1. The molecule has 0 fully saturated rings. The summed E-state index contributed by atoms with van der Waals surface area (Å²) in [6.07, 6.45) is 3.47. The van der Waals surface area contributed by atoms with E-state index in [0.717, 1.165) is 18.5 Å². The van der Waals surface area contributed by atoms with E-state index in [9.17, 15) is 4.79 Å². The van der Waals surface area contributed by atoms with E-state index in [4.69, 9.17) is 5.26 Å². The average molecular weight is 265 g/mol. The Balaban J connectivity index is 1.89. The number of anilines is 1. The lowest BCUT2D eigenvalue weighted by molar-refractivity contribution is -0.115. The first-order valence-corrected chi connectivity index (χ1v) is 6.43. The number of aryl methyl sites for hydroxylation is 2. The van der Waals surface area contributed by atoms with E-state index in [1.165, 1.54) is 5.56 Å². The Morgan fingerprint density at radius 1 is 1.15 bits per heavy atom. The molecule has 1 N–H and O–H groups in total. The molecule has 0 unspecified atom stereocenters. The van der Waals surface area contributed by atoms with Crippen LogP contribution in [0.15, 0.2) is 48.7 Å². The van der Waals surface area contributed by atoms with Gasteiger partial charge in [0.2, 0.25) is 5.91 Å². The number of aromatic nitrogens is 1. The molecule has 0 spiro atoms. The molecular formula is C16H15N3O. The molecule has 0 bridgehead atoms. The summed E-state index contributed by atoms with van der Waals surface area (Å²) in [5.41, 5.74) is 2.97. The quantitative estimate of drug-likeness (QED) is 0.904. The highest BCUT2D eigenvalue weighted by atomic mass is 16.1. The van der Waals surface area contributed by atoms with Crippen molar-refractivity contribution in [3.8, 4) is 6.07 Å². The van der Waals surface area contributed by atoms with Crippen LogP contribution in [0.3, 0.4) is 0 Å². The van der Waals surface area contributed by atoms with Crippen LogP contribution in [0.4, 0.5) is 5.69 Å². The Hall–Kier alpha value is -2.67. The van der Waals surface area contributed by atoms with Gasteiger partial charge in [-0.1, -0.05) is 18.2 Å². The first-order chi connectivity index (χ1) is 9.78. The highest BCUT2D eigenvalue weighted by Gasteiger charge is 2.01. The summed E-state index contributed by atoms with van der Waals surface area (Å²) in [7, 11) is 0. The standard InChI is InChI=1S/C16H15N3O/c17-11-10-16(20)19-15-8-5-13(6-9-15)4-7-14-3-1-2-12-18-14/h1-3,5-6,8-9,12H,4,7,10H2,(H,19,20). The van der Waals surface area contributed by atoms with Gasteiger partial charge in [0.05, 0.1) is 6.07 Å². The van der Waals surface area contributed by atoms with Crippen LogP contribution in [0, 0.1) is 11.3 Å². The van der Waals surface area contributed by atoms with Crippen LogP contribution in [0.25, 0.3) is 0 Å². The van der Waals surface area contributed by atoms with Crippen LogP contribution >= 0.6 is 0 Å². The predicted octanol–water partition coefficient (Wildman–Crippen LogP) is 2.72. The number of nitrogens with one attached hydrogen (secondary N) is 1. The summed E-state index contributed by atoms with van der Waals surface area (Å²) in [5.74, 6) is -0.284. The van der Waals surface area contributed by atoms with Gasteiger partial charge in [-0.3, -0.25) is 9.78 Å². The molecule has 0 saturated heterocycles. The van der Waals surface area contributed by atoms with E-state index in [2.05, 4.69) is 10.3 Å². The molecule has 4 nitrogen and oxygen atoms in total. The lowest BCUT2D eigenvalue weighted by atomic mass is 10.1. The summed E-state index contributed by atoms with van der Waals surface area (Å²) < 4.78 is 0. The molecule has 0 aliphatic rings. The number of rotatable bonds is 5. The minimum Gasteiger partial charge on any atom is -0.325 e. The molecule has 2 aromatic rings. The third kappa shape index (κ3) is 4.21. The minimum atomic E-state index is -0.284. The maximum absolute atomic E-state index is 11.3. The van der Waals surface area contributed by atoms with Crippen LogP contribution in [0.2, 0.25) is 0 Å². The van der Waals surface area contributed by atoms with E-state index < -0.39 is 0 Å². The van der Waals surface area contributed by atoms with Gasteiger partial charge < -0.3 is 5.32 Å². The van der Waals surface area contributed by atoms with Crippen molar-refractivity contribution in [1.82, 2.24) is 4.98 Å². The number of amides is 1. The summed E-state index contributed by atoms with van der Waals surface area (Å²) in [6.45, 7) is 0. The molecule has 0 saturated carbocycles. The van der Waals surface area contributed by atoms with Crippen LogP contribution < -0.4 is 5.32 Å². The molecule has 0 atom stereocenters. The number of nitriles is 1. The molecule has 1 amide bonds. The van der Waals surface area contributed by atoms with Crippen molar-refractivity contribution < 1.29 is 4.79 Å². The van der Waals surface area contributed by atoms with Crippen molar-refractivity contribution in [2.24, 2.45) is 0 Å². The van der Waals surface area contributed by atoms with Crippen LogP contribution in [-0.2, 0) is 17.6 Å². The number of pyridine rings is 1. The predicted molar refractivity (Wildman–Crippen MR) is 76.9 cm³/mol. The largest absolute Gasteiger partial charge is 0.325 e. The van der Waals surface area contributed by atoms with E-state index in [1.807, 2.05) is 48.5 Å². The molecule has 4 heteroatoms. The first-order valence-electron chi connectivity index (χ1n) is 6.43. The lowest BCUT2D eigenvalue weighted by Gasteiger charge is -2.05. The molecule has 100 valence electrons. The fourth-order valence-corrected chi connectivity index (χ4v) is 1.85. The van der Waals surface area contributed by atoms with E-state index in [0.29, 0.717) is 5.69 Å². The number of benzene rings is 1. The van der Waals surface area contributed by atoms with Crippen molar-refractivity contribution in [1.29, 1.82) is 5.26 Å². The molecule has 1 heterocycles. The summed E-state index contributed by atoms with van der Waals surface area (Å²) in [5, 5.41) is 11.1. The minimum absolute atomic E-state index is 0.124. The number of hydrogen-bond acceptors (Lipinski definition) is 3. The van der Waals surface area contributed by atoms with Gasteiger partial charge in [-0.05, 0) is 42.7 Å². The number of nitrogens with zero attached hydrogens (tertiary/aromatic N) is 2. The normalized spacial score (nSPS) is 9.75. The van der Waals surface area contributed by atoms with Gasteiger partial charge in [0, 0.05) is 17.6 Å². The molecule has 0 aliphatic carbocycles. The van der Waals surface area contributed by atoms with Crippen molar-refractivity contribution in [3.05, 3.63) is 59.9 Å². The maximum atomic E-state index is 11.3. The molecule has 1 aromatic heterocycles. The molecule has 1 aromatic carbocycles. The van der Waals surface area contributed by atoms with E-state index in [1.54, 1.807) is 6.20 Å². The third-order valence-corrected chi connectivity index (χ3v) is 2.87. The van der Waals surface area contributed by atoms with Crippen molar-refractivity contribution in [3.63, 3.8) is 0 Å². The van der Waals surface area contributed by atoms with Gasteiger partial charge in [0.1, 0.15) is 6.42 Å². The fourth-order valence-electron chi connectivity index (χ4n) is 1.85. The molecule has 0 radical (unpaired) electrons. The van der Waals surface area contributed by atoms with Gasteiger partial charge in [-0.2, -0.15) is 5.26 Å². The third-order valence-electron chi connectivity index (χ3n) is 2.87. The highest BCUT2D eigenvalue weighted by Crippen LogP contribution is 2.11. The second kappa shape index (κ2) is 7.05. The Kier molecular flexibility index (Phi) is 4.85. The molecular weight excluding hydrogens is 250 g/mol. The van der Waals surface area contributed by atoms with Gasteiger partial charge >= 0.3 is 0 Å². The zero-order valence-electron chi connectivity index (χ0n) is 11.0. The van der Waals surface area contributed by atoms with Gasteiger partial charge in [-0.15, -0.1) is 0 Å². The number of hydrogen-bond donors (Lipinski definition) is 1. The van der Waals surface area contributed by atoms with Gasteiger partial charge in [0.25, 0.3) is 0 Å². The van der Waals surface area contributed by atoms with Gasteiger partial charge in [-0.25, -0.2) is 0 Å². The van der Waals surface area contributed by atoms with Crippen LogP contribution in [-0.4, -0.2) is 10.9 Å². The topological polar surface area (TPSA) is 65.8 Å². The smallest absolute Gasteiger partial charge is 0.238 e. The van der Waals surface area contributed by atoms with Crippen molar-refractivity contribution >= 4 is 11.6 Å². The number of carbonyl (C=O) groups excluding carboxylic acids is 1. The van der Waals surface area contributed by atoms with E-state index >= 15 is 0 Å². The highest BCUT2D eigenvalue weighted by molar-refractivity contribution is 5.91. The Bertz CT molecular complexity index is 600. The first kappa shape index (κ1) is 13.8. The van der Waals surface area contributed by atoms with Crippen molar-refractivity contribution in [2.75, 3.05) is 5.32 Å². The summed E-state index contributed by atoms with van der Waals surface area (Å²) >= 11 is 0. The van der Waals surface area contributed by atoms with E-state index in [-0.39, 0.29) is 12.3 Å². The van der Waals surface area contributed by atoms with Gasteiger partial charge in [0.15, 0.2) is 0 Å². The summed E-state index contributed by atoms with van der Waals surface area (Å²) in [4.78, 5) is 15.5. The molecule has 20 heavy (non-hydrogen) atoms.